The van der Waals surface area contributed by atoms with Crippen molar-refractivity contribution in [1.82, 2.24) is 9.88 Å². The molecule has 1 aliphatic rings. The van der Waals surface area contributed by atoms with E-state index in [9.17, 15) is 0 Å². The van der Waals surface area contributed by atoms with Crippen LogP contribution in [0.1, 0.15) is 49.7 Å². The summed E-state index contributed by atoms with van der Waals surface area (Å²) in [6.07, 6.45) is 6.54. The van der Waals surface area contributed by atoms with Crippen LogP contribution in [0.25, 0.3) is 0 Å². The van der Waals surface area contributed by atoms with Crippen molar-refractivity contribution in [3.63, 3.8) is 0 Å². The first-order chi connectivity index (χ1) is 9.61. The molecule has 3 nitrogen and oxygen atoms in total. The van der Waals surface area contributed by atoms with E-state index in [0.717, 1.165) is 24.4 Å². The summed E-state index contributed by atoms with van der Waals surface area (Å²) in [5.41, 5.74) is 3.81. The second kappa shape index (κ2) is 6.89. The first kappa shape index (κ1) is 15.0. The van der Waals surface area contributed by atoms with Crippen molar-refractivity contribution in [2.75, 3.05) is 25.5 Å². The average molecular weight is 273 g/mol. The fraction of sp³-hybridized carbons (Fsp3) is 0.588. The molecule has 1 aromatic heterocycles. The van der Waals surface area contributed by atoms with E-state index in [4.69, 9.17) is 0 Å². The summed E-state index contributed by atoms with van der Waals surface area (Å²) < 4.78 is 0. The van der Waals surface area contributed by atoms with Gasteiger partial charge in [-0.05, 0) is 69.4 Å². The van der Waals surface area contributed by atoms with E-state index in [2.05, 4.69) is 48.7 Å². The number of hydrogen-bond donors (Lipinski definition) is 1. The second-order valence-electron chi connectivity index (χ2n) is 5.93. The maximum atomic E-state index is 4.49. The Morgan fingerprint density at radius 3 is 2.80 bits per heavy atom. The molecule has 1 aromatic rings. The Morgan fingerprint density at radius 2 is 2.15 bits per heavy atom. The molecule has 0 aliphatic carbocycles. The van der Waals surface area contributed by atoms with Crippen molar-refractivity contribution in [3.8, 4) is 0 Å². The lowest BCUT2D eigenvalue weighted by Crippen LogP contribution is -2.29. The van der Waals surface area contributed by atoms with Gasteiger partial charge in [0.2, 0.25) is 0 Å². The predicted molar refractivity (Wildman–Crippen MR) is 86.1 cm³/mol. The van der Waals surface area contributed by atoms with Crippen LogP contribution in [0.15, 0.2) is 24.5 Å². The van der Waals surface area contributed by atoms with Gasteiger partial charge in [0, 0.05) is 11.9 Å². The zero-order valence-electron chi connectivity index (χ0n) is 13.1. The molecule has 0 unspecified atom stereocenters. The first-order valence-electron chi connectivity index (χ1n) is 7.70. The number of pyridine rings is 1. The van der Waals surface area contributed by atoms with Crippen LogP contribution in [0.4, 0.5) is 5.82 Å². The molecule has 0 saturated carbocycles. The number of allylic oxidation sites excluding steroid dienone is 1. The number of nitrogens with one attached hydrogen (secondary N) is 1. The summed E-state index contributed by atoms with van der Waals surface area (Å²) in [5.74, 6) is 1.66. The van der Waals surface area contributed by atoms with Crippen molar-refractivity contribution < 1.29 is 0 Å². The Balaban J connectivity index is 2.12. The summed E-state index contributed by atoms with van der Waals surface area (Å²) in [6, 6.07) is 2.19. The number of anilines is 1. The SMILES string of the molecule is C=C(CCC)Nc1nccc(C2CCN(C)CC2)c1C. The fourth-order valence-corrected chi connectivity index (χ4v) is 2.97. The highest BCUT2D eigenvalue weighted by Crippen LogP contribution is 2.32. The van der Waals surface area contributed by atoms with Gasteiger partial charge in [0.1, 0.15) is 5.82 Å². The standard InChI is InChI=1S/C17H27N3/c1-5-6-13(2)19-17-14(3)16(7-10-18-17)15-8-11-20(4)12-9-15/h7,10,15H,2,5-6,8-9,11-12H2,1,3-4H3,(H,18,19). The molecule has 110 valence electrons. The van der Waals surface area contributed by atoms with Gasteiger partial charge in [-0.1, -0.05) is 19.9 Å². The predicted octanol–water partition coefficient (Wildman–Crippen LogP) is 3.92. The van der Waals surface area contributed by atoms with Crippen molar-refractivity contribution >= 4 is 5.82 Å². The normalized spacial score (nSPS) is 17.1. The Hall–Kier alpha value is -1.35. The molecule has 0 spiro atoms. The van der Waals surface area contributed by atoms with Gasteiger partial charge in [-0.3, -0.25) is 0 Å². The number of hydrogen-bond acceptors (Lipinski definition) is 3. The van der Waals surface area contributed by atoms with Crippen LogP contribution in [0, 0.1) is 6.92 Å². The Morgan fingerprint density at radius 1 is 1.45 bits per heavy atom. The van der Waals surface area contributed by atoms with Crippen LogP contribution in [-0.2, 0) is 0 Å². The summed E-state index contributed by atoms with van der Waals surface area (Å²) in [6.45, 7) is 10.8. The van der Waals surface area contributed by atoms with Gasteiger partial charge >= 0.3 is 0 Å². The molecular weight excluding hydrogens is 246 g/mol. The highest BCUT2D eigenvalue weighted by molar-refractivity contribution is 5.51. The van der Waals surface area contributed by atoms with Crippen LogP contribution in [0.3, 0.4) is 0 Å². The third-order valence-electron chi connectivity index (χ3n) is 4.25. The highest BCUT2D eigenvalue weighted by Gasteiger charge is 2.21. The van der Waals surface area contributed by atoms with E-state index in [1.54, 1.807) is 0 Å². The quantitative estimate of drug-likeness (QED) is 0.881. The van der Waals surface area contributed by atoms with E-state index in [0.29, 0.717) is 5.92 Å². The highest BCUT2D eigenvalue weighted by atomic mass is 15.1. The van der Waals surface area contributed by atoms with Crippen molar-refractivity contribution in [1.29, 1.82) is 0 Å². The molecule has 2 heterocycles. The van der Waals surface area contributed by atoms with Crippen LogP contribution >= 0.6 is 0 Å². The first-order valence-corrected chi connectivity index (χ1v) is 7.70. The van der Waals surface area contributed by atoms with Gasteiger partial charge in [0.15, 0.2) is 0 Å². The maximum absolute atomic E-state index is 4.49. The molecule has 1 N–H and O–H groups in total. The summed E-state index contributed by atoms with van der Waals surface area (Å²) in [7, 11) is 2.21. The lowest BCUT2D eigenvalue weighted by molar-refractivity contribution is 0.255. The van der Waals surface area contributed by atoms with E-state index < -0.39 is 0 Å². The molecule has 1 fully saturated rings. The minimum Gasteiger partial charge on any atom is -0.344 e. The minimum atomic E-state index is 0.675. The van der Waals surface area contributed by atoms with Crippen LogP contribution in [0.2, 0.25) is 0 Å². The van der Waals surface area contributed by atoms with E-state index >= 15 is 0 Å². The van der Waals surface area contributed by atoms with Crippen LogP contribution in [-0.4, -0.2) is 30.0 Å². The monoisotopic (exact) mass is 273 g/mol. The molecule has 3 heteroatoms. The molecular formula is C17H27N3. The minimum absolute atomic E-state index is 0.675. The molecule has 2 rings (SSSR count). The topological polar surface area (TPSA) is 28.2 Å². The van der Waals surface area contributed by atoms with Crippen molar-refractivity contribution in [3.05, 3.63) is 35.7 Å². The summed E-state index contributed by atoms with van der Waals surface area (Å²) in [4.78, 5) is 6.90. The Bertz CT molecular complexity index is 459. The number of nitrogens with zero attached hydrogens (tertiary/aromatic N) is 2. The summed E-state index contributed by atoms with van der Waals surface area (Å²) in [5, 5.41) is 3.38. The molecule has 0 bridgehead atoms. The third kappa shape index (κ3) is 3.60. The summed E-state index contributed by atoms with van der Waals surface area (Å²) >= 11 is 0. The zero-order valence-corrected chi connectivity index (χ0v) is 13.1. The molecule has 0 amide bonds. The van der Waals surface area contributed by atoms with Gasteiger partial charge in [0.25, 0.3) is 0 Å². The van der Waals surface area contributed by atoms with Gasteiger partial charge in [-0.25, -0.2) is 4.98 Å². The average Bonchev–Trinajstić information content (AvgIpc) is 2.43. The number of likely N-dealkylation sites (tertiary alicyclic amines) is 1. The van der Waals surface area contributed by atoms with Gasteiger partial charge in [-0.2, -0.15) is 0 Å². The fourth-order valence-electron chi connectivity index (χ4n) is 2.97. The number of piperidine rings is 1. The number of rotatable bonds is 5. The van der Waals surface area contributed by atoms with Crippen molar-refractivity contribution in [2.45, 2.75) is 45.4 Å². The van der Waals surface area contributed by atoms with Crippen molar-refractivity contribution in [2.24, 2.45) is 0 Å². The molecule has 1 saturated heterocycles. The largest absolute Gasteiger partial charge is 0.344 e. The van der Waals surface area contributed by atoms with Crippen LogP contribution in [0.5, 0.6) is 0 Å². The third-order valence-corrected chi connectivity index (χ3v) is 4.25. The Kier molecular flexibility index (Phi) is 5.18. The lowest BCUT2D eigenvalue weighted by Gasteiger charge is -2.30. The molecule has 1 aliphatic heterocycles. The van der Waals surface area contributed by atoms with Gasteiger partial charge in [-0.15, -0.1) is 0 Å². The van der Waals surface area contributed by atoms with E-state index in [-0.39, 0.29) is 0 Å². The molecule has 0 radical (unpaired) electrons. The number of aromatic nitrogens is 1. The van der Waals surface area contributed by atoms with Gasteiger partial charge < -0.3 is 10.2 Å². The molecule has 0 atom stereocenters. The smallest absolute Gasteiger partial charge is 0.133 e. The van der Waals surface area contributed by atoms with E-state index in [1.165, 1.54) is 37.1 Å². The maximum Gasteiger partial charge on any atom is 0.133 e. The van der Waals surface area contributed by atoms with Crippen LogP contribution < -0.4 is 5.32 Å². The van der Waals surface area contributed by atoms with Gasteiger partial charge in [0.05, 0.1) is 0 Å². The lowest BCUT2D eigenvalue weighted by atomic mass is 9.87. The molecule has 0 aromatic carbocycles. The second-order valence-corrected chi connectivity index (χ2v) is 5.93. The Labute approximate surface area is 123 Å². The zero-order chi connectivity index (χ0) is 14.5. The molecule has 20 heavy (non-hydrogen) atoms. The van der Waals surface area contributed by atoms with E-state index in [1.807, 2.05) is 6.20 Å².